The Morgan fingerprint density at radius 2 is 1.86 bits per heavy atom. The molecule has 0 bridgehead atoms. The van der Waals surface area contributed by atoms with Crippen LogP contribution in [0.25, 0.3) is 10.9 Å². The van der Waals surface area contributed by atoms with Crippen molar-refractivity contribution in [2.75, 3.05) is 6.54 Å². The van der Waals surface area contributed by atoms with E-state index in [1.54, 1.807) is 0 Å². The van der Waals surface area contributed by atoms with Crippen molar-refractivity contribution >= 4 is 22.8 Å². The second-order valence-electron chi connectivity index (χ2n) is 7.68. The average Bonchev–Trinajstić information content (AvgIpc) is 3.00. The van der Waals surface area contributed by atoms with Crippen molar-refractivity contribution < 1.29 is 14.7 Å². The van der Waals surface area contributed by atoms with E-state index in [0.717, 1.165) is 22.2 Å². The lowest BCUT2D eigenvalue weighted by Gasteiger charge is -2.28. The summed E-state index contributed by atoms with van der Waals surface area (Å²) in [6.07, 6.45) is 0.660. The van der Waals surface area contributed by atoms with Crippen molar-refractivity contribution in [1.82, 2.24) is 9.47 Å². The Kier molecular flexibility index (Phi) is 4.67. The molecule has 0 aliphatic carbocycles. The van der Waals surface area contributed by atoms with E-state index in [1.807, 2.05) is 45.9 Å². The van der Waals surface area contributed by atoms with Crippen LogP contribution < -0.4 is 0 Å². The summed E-state index contributed by atoms with van der Waals surface area (Å²) < 4.78 is 1.90. The minimum absolute atomic E-state index is 0.0189. The second kappa shape index (κ2) is 7.15. The van der Waals surface area contributed by atoms with Gasteiger partial charge in [-0.25, -0.2) is 0 Å². The lowest BCUT2D eigenvalue weighted by atomic mass is 9.98. The van der Waals surface area contributed by atoms with Crippen LogP contribution in [0.4, 0.5) is 0 Å². The summed E-state index contributed by atoms with van der Waals surface area (Å²) in [6, 6.07) is 15.6. The third-order valence-corrected chi connectivity index (χ3v) is 5.55. The number of aromatic nitrogens is 1. The molecule has 0 radical (unpaired) electrons. The predicted molar refractivity (Wildman–Crippen MR) is 109 cm³/mol. The number of carbonyl (C=O) groups is 2. The van der Waals surface area contributed by atoms with Gasteiger partial charge in [-0.1, -0.05) is 38.1 Å². The summed E-state index contributed by atoms with van der Waals surface area (Å²) >= 11 is 0. The molecule has 1 aromatic heterocycles. The molecule has 2 aromatic carbocycles. The van der Waals surface area contributed by atoms with Crippen LogP contribution in [0.5, 0.6) is 0 Å². The zero-order valence-electron chi connectivity index (χ0n) is 16.2. The molecule has 0 fully saturated rings. The van der Waals surface area contributed by atoms with Gasteiger partial charge in [-0.2, -0.15) is 0 Å². The molecule has 1 amide bonds. The number of amides is 1. The highest BCUT2D eigenvalue weighted by atomic mass is 16.4. The Labute approximate surface area is 164 Å². The molecule has 144 valence electrons. The van der Waals surface area contributed by atoms with E-state index in [9.17, 15) is 14.7 Å². The highest BCUT2D eigenvalue weighted by Gasteiger charge is 2.28. The van der Waals surface area contributed by atoms with Crippen LogP contribution in [0.3, 0.4) is 0 Å². The van der Waals surface area contributed by atoms with Crippen LogP contribution in [-0.2, 0) is 24.3 Å². The molecule has 0 spiro atoms. The van der Waals surface area contributed by atoms with Crippen molar-refractivity contribution in [2.45, 2.75) is 39.3 Å². The molecule has 0 unspecified atom stereocenters. The molecule has 5 nitrogen and oxygen atoms in total. The van der Waals surface area contributed by atoms with E-state index in [1.165, 1.54) is 5.56 Å². The van der Waals surface area contributed by atoms with Crippen molar-refractivity contribution in [1.29, 1.82) is 0 Å². The summed E-state index contributed by atoms with van der Waals surface area (Å²) in [5.74, 6) is -0.450. The fraction of sp³-hybridized carbons (Fsp3) is 0.304. The minimum Gasteiger partial charge on any atom is -0.480 e. The van der Waals surface area contributed by atoms with Gasteiger partial charge in [-0.3, -0.25) is 9.59 Å². The van der Waals surface area contributed by atoms with Crippen LogP contribution in [0.2, 0.25) is 0 Å². The largest absolute Gasteiger partial charge is 0.480 e. The predicted octanol–water partition coefficient (Wildman–Crippen LogP) is 4.05. The van der Waals surface area contributed by atoms with Gasteiger partial charge in [0, 0.05) is 47.2 Å². The fourth-order valence-corrected chi connectivity index (χ4v) is 4.08. The lowest BCUT2D eigenvalue weighted by Crippen LogP contribution is -2.36. The van der Waals surface area contributed by atoms with E-state index in [2.05, 4.69) is 26.0 Å². The average molecular weight is 376 g/mol. The van der Waals surface area contributed by atoms with Gasteiger partial charge in [-0.15, -0.1) is 0 Å². The number of nitrogens with zero attached hydrogens (tertiary/aromatic N) is 2. The highest BCUT2D eigenvalue weighted by Crippen LogP contribution is 2.33. The van der Waals surface area contributed by atoms with Crippen LogP contribution >= 0.6 is 0 Å². The van der Waals surface area contributed by atoms with Gasteiger partial charge in [0.15, 0.2) is 0 Å². The molecule has 4 rings (SSSR count). The number of carbonyl (C=O) groups excluding carboxylic acids is 1. The van der Waals surface area contributed by atoms with Crippen molar-refractivity contribution in [2.24, 2.45) is 0 Å². The first-order valence-corrected chi connectivity index (χ1v) is 9.65. The number of hydrogen-bond acceptors (Lipinski definition) is 2. The Bertz CT molecular complexity index is 1050. The van der Waals surface area contributed by atoms with Gasteiger partial charge >= 0.3 is 5.97 Å². The summed E-state index contributed by atoms with van der Waals surface area (Å²) in [5.41, 5.74) is 4.95. The molecule has 28 heavy (non-hydrogen) atoms. The third kappa shape index (κ3) is 3.17. The molecule has 0 saturated heterocycles. The number of benzene rings is 2. The summed E-state index contributed by atoms with van der Waals surface area (Å²) in [7, 11) is 0. The first-order valence-electron chi connectivity index (χ1n) is 9.65. The molecule has 1 aliphatic heterocycles. The second-order valence-corrected chi connectivity index (χ2v) is 7.68. The van der Waals surface area contributed by atoms with Crippen LogP contribution in [0.1, 0.15) is 46.9 Å². The van der Waals surface area contributed by atoms with E-state index in [0.29, 0.717) is 31.0 Å². The molecule has 2 heterocycles. The minimum atomic E-state index is -0.851. The SMILES string of the molecule is CC(C)c1ccc2c(c1)c1c(n2CC(=O)O)CCN(C(=O)c2ccccc2)C1. The molecule has 1 N–H and O–H groups in total. The number of hydrogen-bond donors (Lipinski definition) is 1. The Morgan fingerprint density at radius 3 is 2.54 bits per heavy atom. The van der Waals surface area contributed by atoms with Crippen molar-refractivity contribution in [3.8, 4) is 0 Å². The van der Waals surface area contributed by atoms with Crippen molar-refractivity contribution in [3.05, 3.63) is 70.9 Å². The zero-order valence-corrected chi connectivity index (χ0v) is 16.2. The monoisotopic (exact) mass is 376 g/mol. The zero-order chi connectivity index (χ0) is 19.8. The van der Waals surface area contributed by atoms with E-state index in [4.69, 9.17) is 0 Å². The molecule has 1 aliphatic rings. The summed E-state index contributed by atoms with van der Waals surface area (Å²) in [6.45, 7) is 5.33. The van der Waals surface area contributed by atoms with Crippen LogP contribution in [-0.4, -0.2) is 33.0 Å². The van der Waals surface area contributed by atoms with Gasteiger partial charge in [0.05, 0.1) is 0 Å². The lowest BCUT2D eigenvalue weighted by molar-refractivity contribution is -0.137. The van der Waals surface area contributed by atoms with Crippen molar-refractivity contribution in [3.63, 3.8) is 0 Å². The van der Waals surface area contributed by atoms with Gasteiger partial charge in [0.2, 0.25) is 0 Å². The van der Waals surface area contributed by atoms with Gasteiger partial charge in [-0.05, 0) is 35.7 Å². The fourth-order valence-electron chi connectivity index (χ4n) is 4.08. The molecule has 0 saturated carbocycles. The maximum Gasteiger partial charge on any atom is 0.323 e. The van der Waals surface area contributed by atoms with Crippen LogP contribution in [0, 0.1) is 0 Å². The topological polar surface area (TPSA) is 62.5 Å². The number of carboxylic acids is 1. The van der Waals surface area contributed by atoms with E-state index in [-0.39, 0.29) is 12.5 Å². The summed E-state index contributed by atoms with van der Waals surface area (Å²) in [4.78, 5) is 26.2. The first-order chi connectivity index (χ1) is 13.5. The van der Waals surface area contributed by atoms with Gasteiger partial charge in [0.1, 0.15) is 6.54 Å². The maximum absolute atomic E-state index is 12.9. The van der Waals surface area contributed by atoms with E-state index >= 15 is 0 Å². The molecule has 3 aromatic rings. The smallest absolute Gasteiger partial charge is 0.323 e. The summed E-state index contributed by atoms with van der Waals surface area (Å²) in [5, 5.41) is 10.5. The number of rotatable bonds is 4. The number of fused-ring (bicyclic) bond motifs is 3. The molecular formula is C23H24N2O3. The first kappa shape index (κ1) is 18.3. The Morgan fingerprint density at radius 1 is 1.11 bits per heavy atom. The van der Waals surface area contributed by atoms with Gasteiger partial charge in [0.25, 0.3) is 5.91 Å². The van der Waals surface area contributed by atoms with Crippen LogP contribution in [0.15, 0.2) is 48.5 Å². The van der Waals surface area contributed by atoms with E-state index < -0.39 is 5.97 Å². The van der Waals surface area contributed by atoms with Gasteiger partial charge < -0.3 is 14.6 Å². The normalized spacial score (nSPS) is 13.8. The molecule has 0 atom stereocenters. The maximum atomic E-state index is 12.9. The number of aliphatic carboxylic acids is 1. The Hall–Kier alpha value is -3.08. The highest BCUT2D eigenvalue weighted by molar-refractivity contribution is 5.95. The molecular weight excluding hydrogens is 352 g/mol. The third-order valence-electron chi connectivity index (χ3n) is 5.55. The number of carboxylic acid groups (broad SMARTS) is 1. The quantitative estimate of drug-likeness (QED) is 0.747. The molecule has 5 heteroatoms. The standard InChI is InChI=1S/C23H24N2O3/c1-15(2)17-8-9-20-18(12-17)19-13-24(23(28)16-6-4-3-5-7-16)11-10-21(19)25(20)14-22(26)27/h3-9,12,15H,10-11,13-14H2,1-2H3,(H,26,27). The Balaban J connectivity index is 1.79.